The van der Waals surface area contributed by atoms with E-state index in [1.54, 1.807) is 0 Å². The molecule has 3 aromatic rings. The normalized spacial score (nSPS) is 15.4. The van der Waals surface area contributed by atoms with E-state index >= 15 is 0 Å². The van der Waals surface area contributed by atoms with Gasteiger partial charge in [0.1, 0.15) is 4.88 Å². The number of carbonyl (C=O) groups is 1. The smallest absolute Gasteiger partial charge is 0.267 e. The summed E-state index contributed by atoms with van der Waals surface area (Å²) in [7, 11) is 0. The van der Waals surface area contributed by atoms with Gasteiger partial charge in [-0.05, 0) is 49.1 Å². The van der Waals surface area contributed by atoms with Gasteiger partial charge in [0.05, 0.1) is 5.02 Å². The van der Waals surface area contributed by atoms with Crippen molar-refractivity contribution in [2.75, 3.05) is 23.3 Å². The number of amides is 1. The highest BCUT2D eigenvalue weighted by atomic mass is 35.5. The Balaban J connectivity index is 1.48. The molecule has 1 aliphatic heterocycles. The lowest BCUT2D eigenvalue weighted by molar-refractivity contribution is 0.103. The number of benzene rings is 2. The van der Waals surface area contributed by atoms with Crippen LogP contribution in [0.2, 0.25) is 5.02 Å². The Morgan fingerprint density at radius 1 is 1.12 bits per heavy atom. The molecule has 0 unspecified atom stereocenters. The Kier molecular flexibility index (Phi) is 4.88. The van der Waals surface area contributed by atoms with Crippen molar-refractivity contribution in [2.24, 2.45) is 5.92 Å². The zero-order valence-corrected chi connectivity index (χ0v) is 16.2. The number of hydrogen-bond acceptors (Lipinski definition) is 3. The lowest BCUT2D eigenvalue weighted by Crippen LogP contribution is -2.32. The fraction of sp³-hybridized carbons (Fsp3) is 0.286. The molecule has 1 amide bonds. The van der Waals surface area contributed by atoms with E-state index in [1.807, 2.05) is 36.4 Å². The number of carbonyl (C=O) groups excluding carboxylic acids is 1. The Labute approximate surface area is 162 Å². The van der Waals surface area contributed by atoms with Crippen molar-refractivity contribution in [3.05, 3.63) is 58.4 Å². The largest absolute Gasteiger partial charge is 0.372 e. The van der Waals surface area contributed by atoms with Gasteiger partial charge < -0.3 is 10.2 Å². The maximum atomic E-state index is 12.6. The minimum Gasteiger partial charge on any atom is -0.372 e. The Morgan fingerprint density at radius 2 is 1.81 bits per heavy atom. The molecular formula is C21H21ClN2OS. The maximum Gasteiger partial charge on any atom is 0.267 e. The van der Waals surface area contributed by atoms with Gasteiger partial charge in [-0.1, -0.05) is 36.7 Å². The van der Waals surface area contributed by atoms with Crippen LogP contribution in [-0.4, -0.2) is 19.0 Å². The third-order valence-corrected chi connectivity index (χ3v) is 6.69. The Bertz CT molecular complexity index is 927. The van der Waals surface area contributed by atoms with E-state index in [1.165, 1.54) is 29.9 Å². The van der Waals surface area contributed by atoms with Crippen LogP contribution in [0.5, 0.6) is 0 Å². The van der Waals surface area contributed by atoms with Gasteiger partial charge in [0.15, 0.2) is 0 Å². The van der Waals surface area contributed by atoms with Gasteiger partial charge in [-0.3, -0.25) is 4.79 Å². The van der Waals surface area contributed by atoms with Gasteiger partial charge in [0.2, 0.25) is 0 Å². The molecule has 0 saturated carbocycles. The number of anilines is 2. The van der Waals surface area contributed by atoms with Crippen molar-refractivity contribution in [3.8, 4) is 0 Å². The highest BCUT2D eigenvalue weighted by molar-refractivity contribution is 7.21. The average Bonchev–Trinajstić information content (AvgIpc) is 3.00. The molecule has 4 rings (SSSR count). The predicted molar refractivity (Wildman–Crippen MR) is 112 cm³/mol. The minimum atomic E-state index is -0.157. The molecule has 0 radical (unpaired) electrons. The number of piperidine rings is 1. The molecule has 0 atom stereocenters. The van der Waals surface area contributed by atoms with Crippen molar-refractivity contribution in [3.63, 3.8) is 0 Å². The highest BCUT2D eigenvalue weighted by Gasteiger charge is 2.18. The van der Waals surface area contributed by atoms with Crippen LogP contribution in [0.1, 0.15) is 29.4 Å². The second-order valence-electron chi connectivity index (χ2n) is 6.91. The first-order valence-corrected chi connectivity index (χ1v) is 10.1. The summed E-state index contributed by atoms with van der Waals surface area (Å²) in [4.78, 5) is 15.6. The second kappa shape index (κ2) is 7.29. The van der Waals surface area contributed by atoms with Crippen LogP contribution < -0.4 is 10.2 Å². The van der Waals surface area contributed by atoms with Crippen molar-refractivity contribution in [1.29, 1.82) is 0 Å². The van der Waals surface area contributed by atoms with E-state index in [9.17, 15) is 4.79 Å². The van der Waals surface area contributed by atoms with Crippen molar-refractivity contribution in [1.82, 2.24) is 0 Å². The average molecular weight is 385 g/mol. The molecule has 0 aliphatic carbocycles. The lowest BCUT2D eigenvalue weighted by Gasteiger charge is -2.32. The molecule has 0 spiro atoms. The number of nitrogens with one attached hydrogen (secondary N) is 1. The SMILES string of the molecule is CC1CCN(c2ccc(NC(=O)c3sc4ccccc4c3Cl)cc2)CC1. The van der Waals surface area contributed by atoms with Crippen LogP contribution in [0.3, 0.4) is 0 Å². The summed E-state index contributed by atoms with van der Waals surface area (Å²) in [5.41, 5.74) is 2.01. The van der Waals surface area contributed by atoms with Crippen LogP contribution >= 0.6 is 22.9 Å². The fourth-order valence-electron chi connectivity index (χ4n) is 3.37. The second-order valence-corrected chi connectivity index (χ2v) is 8.34. The van der Waals surface area contributed by atoms with Crippen molar-refractivity contribution < 1.29 is 4.79 Å². The zero-order chi connectivity index (χ0) is 18.1. The molecule has 1 aromatic heterocycles. The first-order chi connectivity index (χ1) is 12.6. The van der Waals surface area contributed by atoms with E-state index in [0.29, 0.717) is 9.90 Å². The zero-order valence-electron chi connectivity index (χ0n) is 14.7. The van der Waals surface area contributed by atoms with Gasteiger partial charge in [0.25, 0.3) is 5.91 Å². The van der Waals surface area contributed by atoms with E-state index in [4.69, 9.17) is 11.6 Å². The van der Waals surface area contributed by atoms with Crippen LogP contribution in [0.25, 0.3) is 10.1 Å². The molecule has 1 saturated heterocycles. The standard InChI is InChI=1S/C21H21ClN2OS/c1-14-10-12-24(13-11-14)16-8-6-15(7-9-16)23-21(25)20-19(22)17-4-2-3-5-18(17)26-20/h2-9,14H,10-13H2,1H3,(H,23,25). The summed E-state index contributed by atoms with van der Waals surface area (Å²) >= 11 is 7.82. The first kappa shape index (κ1) is 17.4. The molecule has 2 aromatic carbocycles. The number of halogens is 1. The summed E-state index contributed by atoms with van der Waals surface area (Å²) in [6.07, 6.45) is 2.48. The molecule has 1 N–H and O–H groups in total. The van der Waals surface area contributed by atoms with Crippen LogP contribution in [-0.2, 0) is 0 Å². The van der Waals surface area contributed by atoms with E-state index < -0.39 is 0 Å². The molecule has 5 heteroatoms. The molecular weight excluding hydrogens is 364 g/mol. The Hall–Kier alpha value is -2.04. The number of hydrogen-bond donors (Lipinski definition) is 1. The van der Waals surface area contributed by atoms with Crippen LogP contribution in [0, 0.1) is 5.92 Å². The summed E-state index contributed by atoms with van der Waals surface area (Å²) < 4.78 is 1.03. The Morgan fingerprint density at radius 3 is 2.50 bits per heavy atom. The maximum absolute atomic E-state index is 12.6. The predicted octanol–water partition coefficient (Wildman–Crippen LogP) is 6.04. The van der Waals surface area contributed by atoms with Gasteiger partial charge in [0, 0.05) is 34.6 Å². The van der Waals surface area contributed by atoms with E-state index in [2.05, 4.69) is 29.3 Å². The number of thiophene rings is 1. The fourth-order valence-corrected chi connectivity index (χ4v) is 4.78. The first-order valence-electron chi connectivity index (χ1n) is 8.95. The summed E-state index contributed by atoms with van der Waals surface area (Å²) in [5, 5.41) is 4.43. The summed E-state index contributed by atoms with van der Waals surface area (Å²) in [5.74, 6) is 0.659. The molecule has 1 fully saturated rings. The quantitative estimate of drug-likeness (QED) is 0.596. The monoisotopic (exact) mass is 384 g/mol. The van der Waals surface area contributed by atoms with E-state index in [0.717, 1.165) is 34.8 Å². The number of rotatable bonds is 3. The van der Waals surface area contributed by atoms with Crippen LogP contribution in [0.15, 0.2) is 48.5 Å². The summed E-state index contributed by atoms with van der Waals surface area (Å²) in [6.45, 7) is 4.52. The molecule has 3 nitrogen and oxygen atoms in total. The van der Waals surface area contributed by atoms with E-state index in [-0.39, 0.29) is 5.91 Å². The van der Waals surface area contributed by atoms with Gasteiger partial charge in [-0.15, -0.1) is 11.3 Å². The number of fused-ring (bicyclic) bond motifs is 1. The highest BCUT2D eigenvalue weighted by Crippen LogP contribution is 2.35. The molecule has 26 heavy (non-hydrogen) atoms. The van der Waals surface area contributed by atoms with Crippen molar-refractivity contribution >= 4 is 50.3 Å². The molecule has 0 bridgehead atoms. The van der Waals surface area contributed by atoms with Gasteiger partial charge >= 0.3 is 0 Å². The summed E-state index contributed by atoms with van der Waals surface area (Å²) in [6, 6.07) is 15.9. The molecule has 1 aliphatic rings. The van der Waals surface area contributed by atoms with Gasteiger partial charge in [-0.2, -0.15) is 0 Å². The van der Waals surface area contributed by atoms with Crippen LogP contribution in [0.4, 0.5) is 11.4 Å². The lowest BCUT2D eigenvalue weighted by atomic mass is 9.99. The third-order valence-electron chi connectivity index (χ3n) is 5.02. The number of nitrogens with zero attached hydrogens (tertiary/aromatic N) is 1. The van der Waals surface area contributed by atoms with Crippen molar-refractivity contribution in [2.45, 2.75) is 19.8 Å². The molecule has 2 heterocycles. The third kappa shape index (κ3) is 3.44. The minimum absolute atomic E-state index is 0.157. The molecule has 134 valence electrons. The van der Waals surface area contributed by atoms with Gasteiger partial charge in [-0.25, -0.2) is 0 Å². The topological polar surface area (TPSA) is 32.3 Å².